The van der Waals surface area contributed by atoms with E-state index >= 15 is 0 Å². The van der Waals surface area contributed by atoms with Crippen LogP contribution in [0.5, 0.6) is 0 Å². The van der Waals surface area contributed by atoms with E-state index < -0.39 is 0 Å². The molecule has 0 bridgehead atoms. The predicted octanol–water partition coefficient (Wildman–Crippen LogP) is 2.39. The highest BCUT2D eigenvalue weighted by molar-refractivity contribution is 5.85. The van der Waals surface area contributed by atoms with Gasteiger partial charge in [-0.3, -0.25) is 4.90 Å². The minimum atomic E-state index is -0.00519. The van der Waals surface area contributed by atoms with Gasteiger partial charge in [-0.1, -0.05) is 13.0 Å². The Labute approximate surface area is 112 Å². The molecule has 0 saturated heterocycles. The summed E-state index contributed by atoms with van der Waals surface area (Å²) in [6.45, 7) is 6.12. The molecule has 0 aliphatic rings. The summed E-state index contributed by atoms with van der Waals surface area (Å²) in [5.74, 6) is 0.634. The van der Waals surface area contributed by atoms with Crippen molar-refractivity contribution in [2.24, 2.45) is 5.92 Å². The Balaban J connectivity index is 2.16. The Hall–Kier alpha value is -2.06. The second kappa shape index (κ2) is 5.72. The first-order chi connectivity index (χ1) is 9.13. The standard InChI is InChI=1S/C14H18N4O/c1-3-18(8-10(2)7-15)9-13-17-14-11(16)5-4-6-12(14)19-13/h4-6,10H,3,8-9,16H2,1-2H3. The zero-order valence-electron chi connectivity index (χ0n) is 11.3. The number of benzene rings is 1. The van der Waals surface area contributed by atoms with Gasteiger partial charge in [-0.2, -0.15) is 5.26 Å². The van der Waals surface area contributed by atoms with Gasteiger partial charge < -0.3 is 10.2 Å². The Kier molecular flexibility index (Phi) is 4.03. The Bertz CT molecular complexity index is 599. The summed E-state index contributed by atoms with van der Waals surface area (Å²) in [5.41, 5.74) is 7.90. The topological polar surface area (TPSA) is 79.1 Å². The normalized spacial score (nSPS) is 12.7. The zero-order valence-corrected chi connectivity index (χ0v) is 11.3. The minimum Gasteiger partial charge on any atom is -0.439 e. The Morgan fingerprint density at radius 1 is 1.53 bits per heavy atom. The summed E-state index contributed by atoms with van der Waals surface area (Å²) < 4.78 is 5.68. The first-order valence-electron chi connectivity index (χ1n) is 6.40. The smallest absolute Gasteiger partial charge is 0.209 e. The van der Waals surface area contributed by atoms with E-state index in [0.29, 0.717) is 35.8 Å². The fraction of sp³-hybridized carbons (Fsp3) is 0.429. The average molecular weight is 258 g/mol. The summed E-state index contributed by atoms with van der Waals surface area (Å²) in [6, 6.07) is 7.75. The molecule has 1 atom stereocenters. The van der Waals surface area contributed by atoms with Crippen molar-refractivity contribution in [3.05, 3.63) is 24.1 Å². The molecule has 2 rings (SSSR count). The summed E-state index contributed by atoms with van der Waals surface area (Å²) in [7, 11) is 0. The second-order valence-electron chi connectivity index (χ2n) is 4.66. The lowest BCUT2D eigenvalue weighted by Crippen LogP contribution is -2.27. The zero-order chi connectivity index (χ0) is 13.8. The third kappa shape index (κ3) is 3.04. The van der Waals surface area contributed by atoms with Crippen molar-refractivity contribution in [2.75, 3.05) is 18.8 Å². The van der Waals surface area contributed by atoms with Gasteiger partial charge in [0.2, 0.25) is 5.89 Å². The number of fused-ring (bicyclic) bond motifs is 1. The molecule has 1 aromatic heterocycles. The van der Waals surface area contributed by atoms with Gasteiger partial charge in [-0.15, -0.1) is 0 Å². The van der Waals surface area contributed by atoms with Crippen molar-refractivity contribution in [3.8, 4) is 6.07 Å². The number of nitrogens with zero attached hydrogens (tertiary/aromatic N) is 3. The van der Waals surface area contributed by atoms with Crippen molar-refractivity contribution in [1.29, 1.82) is 5.26 Å². The van der Waals surface area contributed by atoms with Crippen LogP contribution in [-0.4, -0.2) is 23.0 Å². The maximum Gasteiger partial charge on any atom is 0.209 e. The fourth-order valence-electron chi connectivity index (χ4n) is 2.01. The largest absolute Gasteiger partial charge is 0.439 e. The van der Waals surface area contributed by atoms with Crippen LogP contribution >= 0.6 is 0 Å². The van der Waals surface area contributed by atoms with Gasteiger partial charge in [0.25, 0.3) is 0 Å². The van der Waals surface area contributed by atoms with Gasteiger partial charge in [-0.25, -0.2) is 4.98 Å². The molecule has 5 nitrogen and oxygen atoms in total. The van der Waals surface area contributed by atoms with Crippen molar-refractivity contribution in [3.63, 3.8) is 0 Å². The lowest BCUT2D eigenvalue weighted by molar-refractivity contribution is 0.237. The molecule has 0 spiro atoms. The third-order valence-electron chi connectivity index (χ3n) is 3.05. The molecular weight excluding hydrogens is 240 g/mol. The van der Waals surface area contributed by atoms with Crippen molar-refractivity contribution in [1.82, 2.24) is 9.88 Å². The molecule has 0 aliphatic heterocycles. The summed E-state index contributed by atoms with van der Waals surface area (Å²) in [6.07, 6.45) is 0. The quantitative estimate of drug-likeness (QED) is 0.833. The van der Waals surface area contributed by atoms with Crippen molar-refractivity contribution in [2.45, 2.75) is 20.4 Å². The monoisotopic (exact) mass is 258 g/mol. The molecule has 1 heterocycles. The van der Waals surface area contributed by atoms with E-state index in [1.807, 2.05) is 25.1 Å². The minimum absolute atomic E-state index is 0.00519. The number of hydrogen-bond acceptors (Lipinski definition) is 5. The molecule has 0 amide bonds. The van der Waals surface area contributed by atoms with Gasteiger partial charge >= 0.3 is 0 Å². The molecule has 2 aromatic rings. The van der Waals surface area contributed by atoms with Crippen molar-refractivity contribution >= 4 is 16.8 Å². The second-order valence-corrected chi connectivity index (χ2v) is 4.66. The van der Waals surface area contributed by atoms with Crippen LogP contribution < -0.4 is 5.73 Å². The summed E-state index contributed by atoms with van der Waals surface area (Å²) in [5, 5.41) is 8.86. The molecule has 5 heteroatoms. The first-order valence-corrected chi connectivity index (χ1v) is 6.40. The van der Waals surface area contributed by atoms with Crippen LogP contribution in [0.1, 0.15) is 19.7 Å². The number of rotatable bonds is 5. The van der Waals surface area contributed by atoms with Crippen LogP contribution in [0.15, 0.2) is 22.6 Å². The van der Waals surface area contributed by atoms with Crippen LogP contribution in [0.4, 0.5) is 5.69 Å². The number of hydrogen-bond donors (Lipinski definition) is 1. The molecule has 0 radical (unpaired) electrons. The lowest BCUT2D eigenvalue weighted by Gasteiger charge is -2.19. The number of nitrogens with two attached hydrogens (primary N) is 1. The van der Waals surface area contributed by atoms with Crippen LogP contribution in [-0.2, 0) is 6.54 Å². The average Bonchev–Trinajstić information content (AvgIpc) is 2.81. The molecule has 0 saturated carbocycles. The summed E-state index contributed by atoms with van der Waals surface area (Å²) >= 11 is 0. The number of anilines is 1. The number of nitriles is 1. The lowest BCUT2D eigenvalue weighted by atomic mass is 10.2. The van der Waals surface area contributed by atoms with Gasteiger partial charge in [0.15, 0.2) is 5.58 Å². The number of para-hydroxylation sites is 1. The van der Waals surface area contributed by atoms with Crippen LogP contribution in [0, 0.1) is 17.2 Å². The maximum absolute atomic E-state index is 8.86. The van der Waals surface area contributed by atoms with Gasteiger partial charge in [0.1, 0.15) is 5.52 Å². The van der Waals surface area contributed by atoms with E-state index in [0.717, 1.165) is 6.54 Å². The number of nitrogen functional groups attached to an aromatic ring is 1. The highest BCUT2D eigenvalue weighted by Crippen LogP contribution is 2.21. The van der Waals surface area contributed by atoms with E-state index in [-0.39, 0.29) is 5.92 Å². The van der Waals surface area contributed by atoms with Crippen LogP contribution in [0.25, 0.3) is 11.1 Å². The molecule has 0 aliphatic carbocycles. The Morgan fingerprint density at radius 2 is 2.32 bits per heavy atom. The van der Waals surface area contributed by atoms with E-state index in [4.69, 9.17) is 15.4 Å². The molecular formula is C14H18N4O. The molecule has 100 valence electrons. The van der Waals surface area contributed by atoms with Gasteiger partial charge in [0, 0.05) is 6.54 Å². The Morgan fingerprint density at radius 3 is 2.95 bits per heavy atom. The van der Waals surface area contributed by atoms with Gasteiger partial charge in [-0.05, 0) is 25.6 Å². The SMILES string of the molecule is CCN(Cc1nc2c(N)cccc2o1)CC(C)C#N. The van der Waals surface area contributed by atoms with Crippen LogP contribution in [0.3, 0.4) is 0 Å². The molecule has 0 fully saturated rings. The first kappa shape index (κ1) is 13.4. The third-order valence-corrected chi connectivity index (χ3v) is 3.05. The van der Waals surface area contributed by atoms with E-state index in [2.05, 4.69) is 22.9 Å². The van der Waals surface area contributed by atoms with E-state index in [9.17, 15) is 0 Å². The highest BCUT2D eigenvalue weighted by atomic mass is 16.3. The number of aromatic nitrogens is 1. The maximum atomic E-state index is 8.86. The molecule has 1 unspecified atom stereocenters. The van der Waals surface area contributed by atoms with E-state index in [1.54, 1.807) is 0 Å². The molecule has 1 aromatic carbocycles. The van der Waals surface area contributed by atoms with E-state index in [1.165, 1.54) is 0 Å². The highest BCUT2D eigenvalue weighted by Gasteiger charge is 2.13. The predicted molar refractivity (Wildman–Crippen MR) is 74.1 cm³/mol. The molecule has 19 heavy (non-hydrogen) atoms. The number of oxazole rings is 1. The summed E-state index contributed by atoms with van der Waals surface area (Å²) in [4.78, 5) is 6.55. The fourth-order valence-corrected chi connectivity index (χ4v) is 2.01. The van der Waals surface area contributed by atoms with Crippen molar-refractivity contribution < 1.29 is 4.42 Å². The van der Waals surface area contributed by atoms with Crippen LogP contribution in [0.2, 0.25) is 0 Å². The molecule has 2 N–H and O–H groups in total. The van der Waals surface area contributed by atoms with Gasteiger partial charge in [0.05, 0.1) is 24.2 Å².